The van der Waals surface area contributed by atoms with Crippen molar-refractivity contribution in [1.82, 2.24) is 5.32 Å². The number of amides is 1. The molecule has 0 aliphatic rings. The zero-order chi connectivity index (χ0) is 13.8. The Labute approximate surface area is 109 Å². The van der Waals surface area contributed by atoms with Gasteiger partial charge in [0.25, 0.3) is 5.91 Å². The van der Waals surface area contributed by atoms with Crippen LogP contribution in [0.3, 0.4) is 0 Å². The highest BCUT2D eigenvalue weighted by Crippen LogP contribution is 2.25. The van der Waals surface area contributed by atoms with Gasteiger partial charge in [-0.3, -0.25) is 4.79 Å². The zero-order valence-electron chi connectivity index (χ0n) is 11.7. The van der Waals surface area contributed by atoms with Crippen LogP contribution in [0.1, 0.15) is 43.6 Å². The predicted octanol–water partition coefficient (Wildman–Crippen LogP) is 2.34. The van der Waals surface area contributed by atoms with E-state index in [1.807, 2.05) is 31.2 Å². The third-order valence-corrected chi connectivity index (χ3v) is 2.90. The van der Waals surface area contributed by atoms with Gasteiger partial charge in [-0.2, -0.15) is 0 Å². The van der Waals surface area contributed by atoms with Gasteiger partial charge in [0.05, 0.1) is 0 Å². The average Bonchev–Trinajstić information content (AvgIpc) is 2.34. The van der Waals surface area contributed by atoms with Crippen LogP contribution in [-0.2, 0) is 5.41 Å². The number of benzene rings is 1. The fourth-order valence-corrected chi connectivity index (χ4v) is 1.76. The molecule has 1 aromatic rings. The van der Waals surface area contributed by atoms with Crippen LogP contribution >= 0.6 is 0 Å². The van der Waals surface area contributed by atoms with Crippen molar-refractivity contribution in [2.75, 3.05) is 13.2 Å². The highest BCUT2D eigenvalue weighted by Gasteiger charge is 2.21. The Kier molecular flexibility index (Phi) is 4.91. The van der Waals surface area contributed by atoms with Crippen LogP contribution < -0.4 is 5.32 Å². The molecule has 0 bridgehead atoms. The minimum absolute atomic E-state index is 0.0590. The van der Waals surface area contributed by atoms with Crippen LogP contribution in [0.2, 0.25) is 0 Å². The molecule has 0 aliphatic heterocycles. The van der Waals surface area contributed by atoms with Crippen LogP contribution in [0.25, 0.3) is 0 Å². The highest BCUT2D eigenvalue weighted by atomic mass is 16.3. The summed E-state index contributed by atoms with van der Waals surface area (Å²) in [5.74, 6) is 0.0107. The molecular weight excluding hydrogens is 226 g/mol. The van der Waals surface area contributed by atoms with Crippen LogP contribution in [0.4, 0.5) is 0 Å². The molecule has 0 saturated carbocycles. The van der Waals surface area contributed by atoms with Gasteiger partial charge in [0.2, 0.25) is 0 Å². The molecule has 100 valence electrons. The number of aliphatic hydroxyl groups excluding tert-OH is 1. The lowest BCUT2D eigenvalue weighted by Gasteiger charge is -2.22. The van der Waals surface area contributed by atoms with Crippen LogP contribution in [0.15, 0.2) is 24.3 Å². The lowest BCUT2D eigenvalue weighted by atomic mass is 9.83. The topological polar surface area (TPSA) is 49.3 Å². The predicted molar refractivity (Wildman–Crippen MR) is 73.7 cm³/mol. The summed E-state index contributed by atoms with van der Waals surface area (Å²) < 4.78 is 0. The van der Waals surface area contributed by atoms with Crippen LogP contribution in [-0.4, -0.2) is 24.2 Å². The Morgan fingerprint density at radius 2 is 1.94 bits per heavy atom. The SMILES string of the molecule is CC(CO)CNC(=O)c1ccccc1C(C)(C)C. The van der Waals surface area contributed by atoms with E-state index in [0.717, 1.165) is 11.1 Å². The van der Waals surface area contributed by atoms with E-state index in [0.29, 0.717) is 6.54 Å². The molecule has 0 aliphatic carbocycles. The standard InChI is InChI=1S/C15H23NO2/c1-11(10-17)9-16-14(18)12-7-5-6-8-13(12)15(2,3)4/h5-8,11,17H,9-10H2,1-4H3,(H,16,18). The van der Waals surface area contributed by atoms with Crippen molar-refractivity contribution in [2.24, 2.45) is 5.92 Å². The van der Waals surface area contributed by atoms with Gasteiger partial charge in [0.1, 0.15) is 0 Å². The highest BCUT2D eigenvalue weighted by molar-refractivity contribution is 5.96. The van der Waals surface area contributed by atoms with Crippen molar-refractivity contribution in [1.29, 1.82) is 0 Å². The van der Waals surface area contributed by atoms with Gasteiger partial charge in [0.15, 0.2) is 0 Å². The second-order valence-corrected chi connectivity index (χ2v) is 5.79. The average molecular weight is 249 g/mol. The smallest absolute Gasteiger partial charge is 0.251 e. The van der Waals surface area contributed by atoms with Gasteiger partial charge in [-0.05, 0) is 23.0 Å². The Balaban J connectivity index is 2.86. The van der Waals surface area contributed by atoms with E-state index in [9.17, 15) is 4.79 Å². The molecule has 3 nitrogen and oxygen atoms in total. The Morgan fingerprint density at radius 1 is 1.33 bits per heavy atom. The third kappa shape index (κ3) is 3.84. The maximum absolute atomic E-state index is 12.1. The van der Waals surface area contributed by atoms with Gasteiger partial charge in [-0.15, -0.1) is 0 Å². The number of carbonyl (C=O) groups excluding carboxylic acids is 1. The van der Waals surface area contributed by atoms with Gasteiger partial charge in [-0.1, -0.05) is 45.9 Å². The molecule has 0 aromatic heterocycles. The molecule has 18 heavy (non-hydrogen) atoms. The third-order valence-electron chi connectivity index (χ3n) is 2.90. The Morgan fingerprint density at radius 3 is 2.50 bits per heavy atom. The number of hydrogen-bond donors (Lipinski definition) is 2. The monoisotopic (exact) mass is 249 g/mol. The summed E-state index contributed by atoms with van der Waals surface area (Å²) >= 11 is 0. The summed E-state index contributed by atoms with van der Waals surface area (Å²) in [7, 11) is 0. The summed E-state index contributed by atoms with van der Waals surface area (Å²) in [6.45, 7) is 8.76. The molecule has 1 atom stereocenters. The van der Waals surface area contributed by atoms with Crippen molar-refractivity contribution < 1.29 is 9.90 Å². The molecule has 0 heterocycles. The largest absolute Gasteiger partial charge is 0.396 e. The first kappa shape index (κ1) is 14.7. The van der Waals surface area contributed by atoms with Gasteiger partial charge in [0, 0.05) is 18.7 Å². The van der Waals surface area contributed by atoms with Crippen molar-refractivity contribution in [2.45, 2.75) is 33.1 Å². The molecule has 1 aromatic carbocycles. The first-order chi connectivity index (χ1) is 8.36. The molecule has 1 rings (SSSR count). The first-order valence-corrected chi connectivity index (χ1v) is 6.35. The number of aliphatic hydroxyl groups is 1. The second kappa shape index (κ2) is 6.01. The van der Waals surface area contributed by atoms with E-state index >= 15 is 0 Å². The van der Waals surface area contributed by atoms with Gasteiger partial charge >= 0.3 is 0 Å². The molecule has 0 spiro atoms. The molecule has 2 N–H and O–H groups in total. The summed E-state index contributed by atoms with van der Waals surface area (Å²) in [5.41, 5.74) is 1.70. The van der Waals surface area contributed by atoms with E-state index in [2.05, 4.69) is 26.1 Å². The first-order valence-electron chi connectivity index (χ1n) is 6.35. The van der Waals surface area contributed by atoms with E-state index in [1.165, 1.54) is 0 Å². The molecule has 1 unspecified atom stereocenters. The number of hydrogen-bond acceptors (Lipinski definition) is 2. The molecule has 1 amide bonds. The zero-order valence-corrected chi connectivity index (χ0v) is 11.7. The normalized spacial score (nSPS) is 13.2. The van der Waals surface area contributed by atoms with E-state index in [4.69, 9.17) is 5.11 Å². The molecule has 0 fully saturated rings. The summed E-state index contributed by atoms with van der Waals surface area (Å²) in [5, 5.41) is 11.8. The van der Waals surface area contributed by atoms with E-state index in [1.54, 1.807) is 0 Å². The lowest BCUT2D eigenvalue weighted by Crippen LogP contribution is -2.31. The number of carbonyl (C=O) groups is 1. The van der Waals surface area contributed by atoms with E-state index in [-0.39, 0.29) is 23.8 Å². The van der Waals surface area contributed by atoms with Crippen molar-refractivity contribution in [3.05, 3.63) is 35.4 Å². The minimum Gasteiger partial charge on any atom is -0.396 e. The molecule has 3 heteroatoms. The molecular formula is C15H23NO2. The van der Waals surface area contributed by atoms with Gasteiger partial charge in [-0.25, -0.2) is 0 Å². The van der Waals surface area contributed by atoms with E-state index < -0.39 is 0 Å². The van der Waals surface area contributed by atoms with Gasteiger partial charge < -0.3 is 10.4 Å². The molecule has 0 saturated heterocycles. The van der Waals surface area contributed by atoms with Crippen LogP contribution in [0, 0.1) is 5.92 Å². The number of nitrogens with one attached hydrogen (secondary N) is 1. The Bertz CT molecular complexity index is 407. The maximum atomic E-state index is 12.1. The maximum Gasteiger partial charge on any atom is 0.251 e. The Hall–Kier alpha value is -1.35. The fraction of sp³-hybridized carbons (Fsp3) is 0.533. The second-order valence-electron chi connectivity index (χ2n) is 5.79. The quantitative estimate of drug-likeness (QED) is 0.860. The van der Waals surface area contributed by atoms with Crippen molar-refractivity contribution in [3.63, 3.8) is 0 Å². The summed E-state index contributed by atoms with van der Waals surface area (Å²) in [4.78, 5) is 12.1. The fourth-order valence-electron chi connectivity index (χ4n) is 1.76. The van der Waals surface area contributed by atoms with Crippen molar-refractivity contribution in [3.8, 4) is 0 Å². The minimum atomic E-state index is -0.0687. The lowest BCUT2D eigenvalue weighted by molar-refractivity contribution is 0.0940. The molecule has 0 radical (unpaired) electrons. The number of rotatable bonds is 4. The van der Waals surface area contributed by atoms with Crippen LogP contribution in [0.5, 0.6) is 0 Å². The summed E-state index contributed by atoms with van der Waals surface area (Å²) in [6.07, 6.45) is 0. The summed E-state index contributed by atoms with van der Waals surface area (Å²) in [6, 6.07) is 7.66. The van der Waals surface area contributed by atoms with Crippen molar-refractivity contribution >= 4 is 5.91 Å².